The van der Waals surface area contributed by atoms with E-state index < -0.39 is 0 Å². The molecule has 0 saturated carbocycles. The van der Waals surface area contributed by atoms with Crippen LogP contribution in [0.1, 0.15) is 32.3 Å². The fourth-order valence-electron chi connectivity index (χ4n) is 3.64. The highest BCUT2D eigenvalue weighted by Gasteiger charge is 2.26. The van der Waals surface area contributed by atoms with Gasteiger partial charge in [0.15, 0.2) is 0 Å². The molecule has 1 fully saturated rings. The maximum Gasteiger partial charge on any atom is 0.226 e. The van der Waals surface area contributed by atoms with Crippen molar-refractivity contribution in [2.24, 2.45) is 0 Å². The molecule has 0 bridgehead atoms. The minimum Gasteiger partial charge on any atom is -0.342 e. The number of likely N-dealkylation sites (N-methyl/N-ethyl adjacent to an activating group) is 1. The fourth-order valence-corrected chi connectivity index (χ4v) is 3.64. The molecule has 0 atom stereocenters. The first-order chi connectivity index (χ1) is 11.5. The molecule has 2 aromatic carbocycles. The first kappa shape index (κ1) is 17.0. The van der Waals surface area contributed by atoms with E-state index in [0.29, 0.717) is 18.5 Å². The Morgan fingerprint density at radius 1 is 1.12 bits per heavy atom. The molecule has 0 unspecified atom stereocenters. The number of rotatable bonds is 4. The number of carbonyl (C=O) groups excluding carboxylic acids is 1. The van der Waals surface area contributed by atoms with Gasteiger partial charge >= 0.3 is 0 Å². The van der Waals surface area contributed by atoms with E-state index in [1.165, 1.54) is 10.8 Å². The quantitative estimate of drug-likeness (QED) is 0.856. The lowest BCUT2D eigenvalue weighted by Crippen LogP contribution is -2.47. The Bertz CT molecular complexity index is 702. The molecule has 3 nitrogen and oxygen atoms in total. The summed E-state index contributed by atoms with van der Waals surface area (Å²) in [6.45, 7) is 6.68. The Labute approximate surface area is 145 Å². The molecule has 1 aliphatic rings. The van der Waals surface area contributed by atoms with Crippen LogP contribution < -0.4 is 0 Å². The van der Waals surface area contributed by atoms with Crippen LogP contribution in [0.15, 0.2) is 42.5 Å². The molecule has 3 rings (SSSR count). The molecule has 2 aromatic rings. The second-order valence-electron chi connectivity index (χ2n) is 7.22. The first-order valence-electron chi connectivity index (χ1n) is 9.02. The highest BCUT2D eigenvalue weighted by atomic mass is 16.2. The highest BCUT2D eigenvalue weighted by Crippen LogP contribution is 2.20. The second-order valence-corrected chi connectivity index (χ2v) is 7.22. The summed E-state index contributed by atoms with van der Waals surface area (Å²) in [5.41, 5.74) is 1.10. The van der Waals surface area contributed by atoms with E-state index in [9.17, 15) is 4.79 Å². The second kappa shape index (κ2) is 7.35. The van der Waals surface area contributed by atoms with Crippen LogP contribution in [0.2, 0.25) is 0 Å². The van der Waals surface area contributed by atoms with Crippen LogP contribution in [0.4, 0.5) is 0 Å². The number of likely N-dealkylation sites (tertiary alicyclic amines) is 1. The number of hydrogen-bond donors (Lipinski definition) is 0. The van der Waals surface area contributed by atoms with Crippen molar-refractivity contribution in [3.63, 3.8) is 0 Å². The molecule has 0 radical (unpaired) electrons. The average molecular weight is 324 g/mol. The van der Waals surface area contributed by atoms with Crippen molar-refractivity contribution in [1.29, 1.82) is 0 Å². The highest BCUT2D eigenvalue weighted by molar-refractivity contribution is 5.85. The minimum atomic E-state index is 0.230. The van der Waals surface area contributed by atoms with Gasteiger partial charge in [-0.25, -0.2) is 0 Å². The molecule has 1 saturated heterocycles. The number of hydrogen-bond acceptors (Lipinski definition) is 2. The van der Waals surface area contributed by atoms with Crippen LogP contribution in [0.25, 0.3) is 10.8 Å². The van der Waals surface area contributed by atoms with Crippen molar-refractivity contribution < 1.29 is 4.79 Å². The van der Waals surface area contributed by atoms with Crippen LogP contribution in [0.5, 0.6) is 0 Å². The molecule has 0 aromatic heterocycles. The molecule has 1 heterocycles. The summed E-state index contributed by atoms with van der Waals surface area (Å²) in [7, 11) is 1.97. The molecule has 0 N–H and O–H groups in total. The van der Waals surface area contributed by atoms with Gasteiger partial charge in [0.25, 0.3) is 0 Å². The molecule has 1 amide bonds. The number of nitrogens with zero attached hydrogens (tertiary/aromatic N) is 2. The molecule has 0 aliphatic carbocycles. The molecular formula is C21H28N2O. The van der Waals surface area contributed by atoms with Crippen LogP contribution in [-0.2, 0) is 11.2 Å². The smallest absolute Gasteiger partial charge is 0.226 e. The number of fused-ring (bicyclic) bond motifs is 1. The third kappa shape index (κ3) is 3.78. The van der Waals surface area contributed by atoms with Gasteiger partial charge in [0.1, 0.15) is 0 Å². The normalized spacial score (nSPS) is 16.7. The van der Waals surface area contributed by atoms with E-state index in [1.807, 2.05) is 24.1 Å². The van der Waals surface area contributed by atoms with Gasteiger partial charge in [-0.2, -0.15) is 0 Å². The molecule has 3 heteroatoms. The largest absolute Gasteiger partial charge is 0.342 e. The number of carbonyl (C=O) groups is 1. The van der Waals surface area contributed by atoms with Crippen LogP contribution >= 0.6 is 0 Å². The zero-order valence-electron chi connectivity index (χ0n) is 15.0. The van der Waals surface area contributed by atoms with E-state index in [2.05, 4.69) is 49.1 Å². The van der Waals surface area contributed by atoms with Gasteiger partial charge in [-0.15, -0.1) is 0 Å². The van der Waals surface area contributed by atoms with Gasteiger partial charge in [-0.1, -0.05) is 42.5 Å². The van der Waals surface area contributed by atoms with Crippen LogP contribution in [0, 0.1) is 0 Å². The summed E-state index contributed by atoms with van der Waals surface area (Å²) in [5, 5.41) is 2.43. The standard InChI is InChI=1S/C21H28N2O/c1-16(2)23-12-10-20(11-13-23)22(3)21(24)15-17-8-9-18-6-4-5-7-19(18)14-17/h4-9,14,16,20H,10-13,15H2,1-3H3. The Kier molecular flexibility index (Phi) is 5.20. The Hall–Kier alpha value is -1.87. The summed E-state index contributed by atoms with van der Waals surface area (Å²) >= 11 is 0. The maximum absolute atomic E-state index is 12.7. The van der Waals surface area contributed by atoms with E-state index in [1.54, 1.807) is 0 Å². The monoisotopic (exact) mass is 324 g/mol. The Balaban J connectivity index is 1.61. The zero-order valence-corrected chi connectivity index (χ0v) is 15.0. The predicted octanol–water partition coefficient (Wildman–Crippen LogP) is 3.71. The summed E-state index contributed by atoms with van der Waals surface area (Å²) in [6, 6.07) is 15.6. The Morgan fingerprint density at radius 2 is 1.79 bits per heavy atom. The van der Waals surface area contributed by atoms with Crippen molar-refractivity contribution in [1.82, 2.24) is 9.80 Å². The SMILES string of the molecule is CC(C)N1CCC(N(C)C(=O)Cc2ccc3ccccc3c2)CC1. The molecular weight excluding hydrogens is 296 g/mol. The summed E-state index contributed by atoms with van der Waals surface area (Å²) in [6.07, 6.45) is 2.65. The summed E-state index contributed by atoms with van der Waals surface area (Å²) in [5.74, 6) is 0.230. The summed E-state index contributed by atoms with van der Waals surface area (Å²) in [4.78, 5) is 17.2. The zero-order chi connectivity index (χ0) is 17.1. The molecule has 24 heavy (non-hydrogen) atoms. The van der Waals surface area contributed by atoms with Gasteiger partial charge in [0.05, 0.1) is 6.42 Å². The van der Waals surface area contributed by atoms with Gasteiger partial charge < -0.3 is 9.80 Å². The van der Waals surface area contributed by atoms with Crippen molar-refractivity contribution in [3.05, 3.63) is 48.0 Å². The van der Waals surface area contributed by atoms with Crippen molar-refractivity contribution in [2.45, 2.75) is 45.2 Å². The number of amides is 1. The van der Waals surface area contributed by atoms with Crippen molar-refractivity contribution in [3.8, 4) is 0 Å². The third-order valence-corrected chi connectivity index (χ3v) is 5.34. The van der Waals surface area contributed by atoms with Gasteiger partial charge in [-0.3, -0.25) is 4.79 Å². The minimum absolute atomic E-state index is 0.230. The fraction of sp³-hybridized carbons (Fsp3) is 0.476. The third-order valence-electron chi connectivity index (χ3n) is 5.34. The van der Waals surface area contributed by atoms with Crippen molar-refractivity contribution in [2.75, 3.05) is 20.1 Å². The van der Waals surface area contributed by atoms with E-state index in [0.717, 1.165) is 31.5 Å². The van der Waals surface area contributed by atoms with Gasteiger partial charge in [-0.05, 0) is 43.0 Å². The lowest BCUT2D eigenvalue weighted by atomic mass is 10.0. The van der Waals surface area contributed by atoms with E-state index in [-0.39, 0.29) is 5.91 Å². The first-order valence-corrected chi connectivity index (χ1v) is 9.02. The Morgan fingerprint density at radius 3 is 2.46 bits per heavy atom. The van der Waals surface area contributed by atoms with Crippen LogP contribution in [0.3, 0.4) is 0 Å². The number of piperidine rings is 1. The summed E-state index contributed by atoms with van der Waals surface area (Å²) < 4.78 is 0. The van der Waals surface area contributed by atoms with Crippen molar-refractivity contribution >= 4 is 16.7 Å². The average Bonchev–Trinajstić information content (AvgIpc) is 2.61. The lowest BCUT2D eigenvalue weighted by Gasteiger charge is -2.38. The van der Waals surface area contributed by atoms with E-state index >= 15 is 0 Å². The molecule has 128 valence electrons. The van der Waals surface area contributed by atoms with Gasteiger partial charge in [0.2, 0.25) is 5.91 Å². The maximum atomic E-state index is 12.7. The lowest BCUT2D eigenvalue weighted by molar-refractivity contribution is -0.132. The van der Waals surface area contributed by atoms with Gasteiger partial charge in [0, 0.05) is 32.2 Å². The predicted molar refractivity (Wildman–Crippen MR) is 100 cm³/mol. The molecule has 1 aliphatic heterocycles. The number of benzene rings is 2. The van der Waals surface area contributed by atoms with Crippen LogP contribution in [-0.4, -0.2) is 47.9 Å². The molecule has 0 spiro atoms. The van der Waals surface area contributed by atoms with E-state index in [4.69, 9.17) is 0 Å². The topological polar surface area (TPSA) is 23.6 Å².